The van der Waals surface area contributed by atoms with E-state index in [9.17, 15) is 9.90 Å². The van der Waals surface area contributed by atoms with Gasteiger partial charge < -0.3 is 10.4 Å². The zero-order valence-electron chi connectivity index (χ0n) is 9.95. The first-order chi connectivity index (χ1) is 7.40. The molecule has 1 aromatic heterocycles. The van der Waals surface area contributed by atoms with Crippen LogP contribution in [0.25, 0.3) is 0 Å². The molecule has 0 aliphatic rings. The highest BCUT2D eigenvalue weighted by molar-refractivity contribution is 5.96. The number of pyridine rings is 1. The monoisotopic (exact) mass is 222 g/mol. The van der Waals surface area contributed by atoms with E-state index in [0.717, 1.165) is 6.42 Å². The largest absolute Gasteiger partial charge is 0.505 e. The number of amides is 1. The van der Waals surface area contributed by atoms with E-state index in [1.54, 1.807) is 0 Å². The van der Waals surface area contributed by atoms with Gasteiger partial charge in [-0.1, -0.05) is 20.8 Å². The Bertz CT molecular complexity index is 370. The van der Waals surface area contributed by atoms with Crippen molar-refractivity contribution in [2.45, 2.75) is 27.2 Å². The summed E-state index contributed by atoms with van der Waals surface area (Å²) in [6.07, 6.45) is 3.64. The SMILES string of the molecule is CC(C)(C)CCNC(=O)c1ccncc1O. The van der Waals surface area contributed by atoms with Crippen LogP contribution >= 0.6 is 0 Å². The lowest BCUT2D eigenvalue weighted by molar-refractivity contribution is 0.0946. The van der Waals surface area contributed by atoms with E-state index in [2.05, 4.69) is 31.1 Å². The maximum Gasteiger partial charge on any atom is 0.255 e. The van der Waals surface area contributed by atoms with Crippen LogP contribution in [-0.2, 0) is 0 Å². The predicted octanol–water partition coefficient (Wildman–Crippen LogP) is 1.95. The van der Waals surface area contributed by atoms with Crippen molar-refractivity contribution in [3.63, 3.8) is 0 Å². The minimum absolute atomic E-state index is 0.0873. The molecule has 4 nitrogen and oxygen atoms in total. The fourth-order valence-electron chi connectivity index (χ4n) is 1.22. The van der Waals surface area contributed by atoms with E-state index in [0.29, 0.717) is 6.54 Å². The van der Waals surface area contributed by atoms with Gasteiger partial charge in [-0.3, -0.25) is 9.78 Å². The molecule has 0 aliphatic carbocycles. The van der Waals surface area contributed by atoms with E-state index in [1.807, 2.05) is 0 Å². The van der Waals surface area contributed by atoms with Crippen LogP contribution in [0.1, 0.15) is 37.6 Å². The summed E-state index contributed by atoms with van der Waals surface area (Å²) in [5, 5.41) is 12.2. The minimum Gasteiger partial charge on any atom is -0.505 e. The molecule has 88 valence electrons. The molecule has 0 spiro atoms. The van der Waals surface area contributed by atoms with Gasteiger partial charge in [0.1, 0.15) is 5.75 Å². The van der Waals surface area contributed by atoms with Gasteiger partial charge in [-0.2, -0.15) is 0 Å². The highest BCUT2D eigenvalue weighted by Gasteiger charge is 2.13. The first kappa shape index (κ1) is 12.5. The van der Waals surface area contributed by atoms with Gasteiger partial charge in [0.05, 0.1) is 11.8 Å². The summed E-state index contributed by atoms with van der Waals surface area (Å²) in [5.41, 5.74) is 0.456. The molecule has 0 saturated carbocycles. The van der Waals surface area contributed by atoms with Crippen molar-refractivity contribution in [1.82, 2.24) is 10.3 Å². The van der Waals surface area contributed by atoms with Crippen LogP contribution < -0.4 is 5.32 Å². The van der Waals surface area contributed by atoms with Crippen molar-refractivity contribution in [1.29, 1.82) is 0 Å². The maximum absolute atomic E-state index is 11.7. The number of carbonyl (C=O) groups is 1. The van der Waals surface area contributed by atoms with Gasteiger partial charge in [0.25, 0.3) is 5.91 Å². The Kier molecular flexibility index (Phi) is 3.88. The molecular formula is C12H18N2O2. The fraction of sp³-hybridized carbons (Fsp3) is 0.500. The molecule has 1 rings (SSSR count). The van der Waals surface area contributed by atoms with Crippen molar-refractivity contribution < 1.29 is 9.90 Å². The summed E-state index contributed by atoms with van der Waals surface area (Å²) in [7, 11) is 0. The lowest BCUT2D eigenvalue weighted by Crippen LogP contribution is -2.27. The smallest absolute Gasteiger partial charge is 0.255 e. The molecule has 2 N–H and O–H groups in total. The predicted molar refractivity (Wildman–Crippen MR) is 62.3 cm³/mol. The third-order valence-corrected chi connectivity index (χ3v) is 2.21. The Morgan fingerprint density at radius 1 is 1.50 bits per heavy atom. The molecule has 1 heterocycles. The molecule has 0 fully saturated rings. The topological polar surface area (TPSA) is 62.2 Å². The molecule has 16 heavy (non-hydrogen) atoms. The van der Waals surface area contributed by atoms with Gasteiger partial charge in [0, 0.05) is 12.7 Å². The molecule has 0 bridgehead atoms. The molecule has 4 heteroatoms. The highest BCUT2D eigenvalue weighted by atomic mass is 16.3. The van der Waals surface area contributed by atoms with Crippen LogP contribution in [0.5, 0.6) is 5.75 Å². The Morgan fingerprint density at radius 3 is 2.75 bits per heavy atom. The number of hydrogen-bond donors (Lipinski definition) is 2. The molecule has 0 saturated heterocycles. The van der Waals surface area contributed by atoms with Gasteiger partial charge in [-0.15, -0.1) is 0 Å². The van der Waals surface area contributed by atoms with Crippen LogP contribution in [0, 0.1) is 5.41 Å². The number of aromatic nitrogens is 1. The standard InChI is InChI=1S/C12H18N2O2/c1-12(2,3)5-7-14-11(16)9-4-6-13-8-10(9)15/h4,6,8,15H,5,7H2,1-3H3,(H,14,16). The zero-order chi connectivity index (χ0) is 12.2. The average molecular weight is 222 g/mol. The zero-order valence-corrected chi connectivity index (χ0v) is 9.95. The number of aromatic hydroxyl groups is 1. The Hall–Kier alpha value is -1.58. The molecule has 0 aromatic carbocycles. The highest BCUT2D eigenvalue weighted by Crippen LogP contribution is 2.17. The first-order valence-corrected chi connectivity index (χ1v) is 5.31. The Labute approximate surface area is 95.7 Å². The summed E-state index contributed by atoms with van der Waals surface area (Å²) in [6, 6.07) is 1.50. The maximum atomic E-state index is 11.7. The second-order valence-corrected chi connectivity index (χ2v) is 4.96. The molecule has 1 aromatic rings. The minimum atomic E-state index is -0.260. The number of rotatable bonds is 3. The molecule has 0 unspecified atom stereocenters. The average Bonchev–Trinajstić information content (AvgIpc) is 2.16. The van der Waals surface area contributed by atoms with E-state index < -0.39 is 0 Å². The van der Waals surface area contributed by atoms with Gasteiger partial charge in [-0.25, -0.2) is 0 Å². The third-order valence-electron chi connectivity index (χ3n) is 2.21. The van der Waals surface area contributed by atoms with Crippen molar-refractivity contribution in [2.24, 2.45) is 5.41 Å². The van der Waals surface area contributed by atoms with Gasteiger partial charge in [0.15, 0.2) is 0 Å². The van der Waals surface area contributed by atoms with Gasteiger partial charge in [0.2, 0.25) is 0 Å². The van der Waals surface area contributed by atoms with E-state index in [4.69, 9.17) is 0 Å². The van der Waals surface area contributed by atoms with Gasteiger partial charge in [-0.05, 0) is 17.9 Å². The summed E-state index contributed by atoms with van der Waals surface area (Å²) in [5.74, 6) is -0.347. The number of nitrogens with one attached hydrogen (secondary N) is 1. The number of hydrogen-bond acceptors (Lipinski definition) is 3. The van der Waals surface area contributed by atoms with Crippen LogP contribution in [0.2, 0.25) is 0 Å². The third kappa shape index (κ3) is 3.88. The number of nitrogens with zero attached hydrogens (tertiary/aromatic N) is 1. The summed E-state index contributed by atoms with van der Waals surface area (Å²) < 4.78 is 0. The van der Waals surface area contributed by atoms with Crippen LogP contribution in [-0.4, -0.2) is 22.5 Å². The van der Waals surface area contributed by atoms with E-state index in [-0.39, 0.29) is 22.6 Å². The quantitative estimate of drug-likeness (QED) is 0.821. The second-order valence-electron chi connectivity index (χ2n) is 4.96. The molecule has 0 atom stereocenters. The summed E-state index contributed by atoms with van der Waals surface area (Å²) in [4.78, 5) is 15.4. The fourth-order valence-corrected chi connectivity index (χ4v) is 1.22. The van der Waals surface area contributed by atoms with Crippen molar-refractivity contribution in [3.8, 4) is 5.75 Å². The Balaban J connectivity index is 2.51. The molecule has 1 amide bonds. The van der Waals surface area contributed by atoms with Crippen LogP contribution in [0.15, 0.2) is 18.5 Å². The summed E-state index contributed by atoms with van der Waals surface area (Å²) in [6.45, 7) is 6.94. The number of carbonyl (C=O) groups excluding carboxylic acids is 1. The van der Waals surface area contributed by atoms with Crippen molar-refractivity contribution >= 4 is 5.91 Å². The lowest BCUT2D eigenvalue weighted by Gasteiger charge is -2.18. The van der Waals surface area contributed by atoms with Crippen molar-refractivity contribution in [2.75, 3.05) is 6.54 Å². The van der Waals surface area contributed by atoms with Crippen molar-refractivity contribution in [3.05, 3.63) is 24.0 Å². The van der Waals surface area contributed by atoms with E-state index in [1.165, 1.54) is 18.5 Å². The van der Waals surface area contributed by atoms with Crippen LogP contribution in [0.4, 0.5) is 0 Å². The lowest BCUT2D eigenvalue weighted by atomic mass is 9.92. The Morgan fingerprint density at radius 2 is 2.19 bits per heavy atom. The second kappa shape index (κ2) is 4.96. The molecule has 0 radical (unpaired) electrons. The van der Waals surface area contributed by atoms with E-state index >= 15 is 0 Å². The summed E-state index contributed by atoms with van der Waals surface area (Å²) >= 11 is 0. The molecular weight excluding hydrogens is 204 g/mol. The molecule has 0 aliphatic heterocycles. The van der Waals surface area contributed by atoms with Gasteiger partial charge >= 0.3 is 0 Å². The first-order valence-electron chi connectivity index (χ1n) is 5.31. The van der Waals surface area contributed by atoms with Crippen LogP contribution in [0.3, 0.4) is 0 Å². The normalized spacial score (nSPS) is 11.2.